The Morgan fingerprint density at radius 1 is 1.50 bits per heavy atom. The highest BCUT2D eigenvalue weighted by molar-refractivity contribution is 6.00. The van der Waals surface area contributed by atoms with Gasteiger partial charge < -0.3 is 9.84 Å². The van der Waals surface area contributed by atoms with E-state index >= 15 is 0 Å². The number of nitrogens with one attached hydrogen (secondary N) is 1. The van der Waals surface area contributed by atoms with Crippen LogP contribution in [0.15, 0.2) is 35.2 Å². The number of Topliss-reactive ketones (excluding diaryl/α,β-unsaturated/α-hetero) is 1. The van der Waals surface area contributed by atoms with Crippen molar-refractivity contribution in [3.8, 4) is 0 Å². The van der Waals surface area contributed by atoms with Crippen molar-refractivity contribution in [2.75, 3.05) is 6.54 Å². The normalized spacial score (nSPS) is 23.1. The van der Waals surface area contributed by atoms with Gasteiger partial charge in [0.2, 0.25) is 6.26 Å². The summed E-state index contributed by atoms with van der Waals surface area (Å²) in [5.41, 5.74) is 1.47. The molecule has 2 aromatic heterocycles. The van der Waals surface area contributed by atoms with E-state index in [9.17, 15) is 4.79 Å². The third-order valence-electron chi connectivity index (χ3n) is 3.27. The van der Waals surface area contributed by atoms with Gasteiger partial charge in [-0.15, -0.1) is 0 Å². The molecule has 0 aromatic carbocycles. The molecule has 1 N–H and O–H groups in total. The standard InChI is InChI=1S/C13H12N3O2/c17-13(10-7-16-18-8-10)12-11(3-5-15-12)9-2-1-4-14-6-9/h1-2,4,6-7,11-12,15H,3,5H2. The molecule has 0 saturated carbocycles. The van der Waals surface area contributed by atoms with Crippen LogP contribution in [0.3, 0.4) is 0 Å². The lowest BCUT2D eigenvalue weighted by atomic mass is 9.89. The lowest BCUT2D eigenvalue weighted by Gasteiger charge is -2.17. The van der Waals surface area contributed by atoms with Gasteiger partial charge in [0.05, 0.1) is 17.8 Å². The van der Waals surface area contributed by atoms with E-state index in [0.29, 0.717) is 5.56 Å². The molecule has 5 heteroatoms. The van der Waals surface area contributed by atoms with Crippen molar-refractivity contribution in [1.82, 2.24) is 15.5 Å². The summed E-state index contributed by atoms with van der Waals surface area (Å²) in [5.74, 6) is 0.122. The molecule has 5 nitrogen and oxygen atoms in total. The lowest BCUT2D eigenvalue weighted by molar-refractivity contribution is 0.0943. The second kappa shape index (κ2) is 4.70. The number of carbonyl (C=O) groups is 1. The first-order chi connectivity index (χ1) is 8.86. The van der Waals surface area contributed by atoms with E-state index < -0.39 is 0 Å². The summed E-state index contributed by atoms with van der Waals surface area (Å²) in [6, 6.07) is 3.65. The molecule has 0 amide bonds. The summed E-state index contributed by atoms with van der Waals surface area (Å²) in [7, 11) is 0. The van der Waals surface area contributed by atoms with Gasteiger partial charge in [-0.05, 0) is 24.6 Å². The molecule has 1 aliphatic rings. The summed E-state index contributed by atoms with van der Waals surface area (Å²) < 4.78 is 4.60. The van der Waals surface area contributed by atoms with Crippen molar-refractivity contribution in [3.63, 3.8) is 0 Å². The Balaban J connectivity index is 1.86. The molecule has 0 bridgehead atoms. The second-order valence-corrected chi connectivity index (χ2v) is 4.32. The summed E-state index contributed by atoms with van der Waals surface area (Å²) in [5, 5.41) is 6.75. The SMILES string of the molecule is O=C(c1[c]onc1)C1NCCC1c1cccnc1. The van der Waals surface area contributed by atoms with Crippen LogP contribution < -0.4 is 5.32 Å². The average Bonchev–Trinajstić information content (AvgIpc) is 3.10. The predicted molar refractivity (Wildman–Crippen MR) is 63.1 cm³/mol. The first kappa shape index (κ1) is 11.1. The summed E-state index contributed by atoms with van der Waals surface area (Å²) >= 11 is 0. The highest BCUT2D eigenvalue weighted by atomic mass is 16.5. The van der Waals surface area contributed by atoms with Crippen LogP contribution in [0.1, 0.15) is 28.3 Å². The molecule has 1 radical (unpaired) electrons. The van der Waals surface area contributed by atoms with Crippen LogP contribution in [0.25, 0.3) is 0 Å². The van der Waals surface area contributed by atoms with E-state index in [1.54, 1.807) is 6.20 Å². The topological polar surface area (TPSA) is 68.0 Å². The maximum absolute atomic E-state index is 12.3. The number of nitrogens with zero attached hydrogens (tertiary/aromatic N) is 2. The molecule has 2 atom stereocenters. The van der Waals surface area contributed by atoms with Crippen LogP contribution >= 0.6 is 0 Å². The number of rotatable bonds is 3. The summed E-state index contributed by atoms with van der Waals surface area (Å²) in [6.45, 7) is 0.821. The average molecular weight is 242 g/mol. The molecule has 1 aliphatic heterocycles. The molecule has 2 unspecified atom stereocenters. The van der Waals surface area contributed by atoms with Gasteiger partial charge in [0.1, 0.15) is 0 Å². The van der Waals surface area contributed by atoms with Crippen molar-refractivity contribution in [2.24, 2.45) is 0 Å². The molecule has 1 saturated heterocycles. The number of carbonyl (C=O) groups excluding carboxylic acids is 1. The molecule has 1 fully saturated rings. The monoisotopic (exact) mass is 242 g/mol. The Kier molecular flexibility index (Phi) is 2.90. The van der Waals surface area contributed by atoms with Crippen LogP contribution in [0, 0.1) is 6.26 Å². The Hall–Kier alpha value is -2.01. The first-order valence-corrected chi connectivity index (χ1v) is 5.86. The molecule has 2 aromatic rings. The van der Waals surface area contributed by atoms with E-state index in [2.05, 4.69) is 26.2 Å². The molecular formula is C13H12N3O2. The van der Waals surface area contributed by atoms with Gasteiger partial charge >= 0.3 is 0 Å². The van der Waals surface area contributed by atoms with E-state index in [-0.39, 0.29) is 17.7 Å². The fourth-order valence-corrected chi connectivity index (χ4v) is 2.40. The zero-order chi connectivity index (χ0) is 12.4. The second-order valence-electron chi connectivity index (χ2n) is 4.32. The fraction of sp³-hybridized carbons (Fsp3) is 0.308. The maximum Gasteiger partial charge on any atom is 0.216 e. The molecule has 0 aliphatic carbocycles. The Morgan fingerprint density at radius 2 is 2.44 bits per heavy atom. The van der Waals surface area contributed by atoms with Gasteiger partial charge in [-0.1, -0.05) is 11.2 Å². The van der Waals surface area contributed by atoms with E-state index in [4.69, 9.17) is 0 Å². The largest absolute Gasteiger partial charge is 0.352 e. The highest BCUT2D eigenvalue weighted by Crippen LogP contribution is 2.28. The van der Waals surface area contributed by atoms with Crippen LogP contribution in [-0.4, -0.2) is 28.5 Å². The van der Waals surface area contributed by atoms with Gasteiger partial charge in [-0.3, -0.25) is 9.78 Å². The lowest BCUT2D eigenvalue weighted by Crippen LogP contribution is -2.34. The van der Waals surface area contributed by atoms with Crippen molar-refractivity contribution in [3.05, 3.63) is 48.1 Å². The van der Waals surface area contributed by atoms with Crippen molar-refractivity contribution < 1.29 is 9.32 Å². The van der Waals surface area contributed by atoms with Crippen molar-refractivity contribution in [1.29, 1.82) is 0 Å². The third-order valence-corrected chi connectivity index (χ3v) is 3.27. The third kappa shape index (κ3) is 1.93. The number of hydrogen-bond acceptors (Lipinski definition) is 5. The smallest absolute Gasteiger partial charge is 0.216 e. The Morgan fingerprint density at radius 3 is 3.17 bits per heavy atom. The predicted octanol–water partition coefficient (Wildman–Crippen LogP) is 1.20. The van der Waals surface area contributed by atoms with Crippen LogP contribution in [0.2, 0.25) is 0 Å². The molecular weight excluding hydrogens is 230 g/mol. The van der Waals surface area contributed by atoms with Crippen LogP contribution in [0.4, 0.5) is 0 Å². The molecule has 3 heterocycles. The zero-order valence-electron chi connectivity index (χ0n) is 9.67. The molecule has 18 heavy (non-hydrogen) atoms. The maximum atomic E-state index is 12.3. The quantitative estimate of drug-likeness (QED) is 0.819. The highest BCUT2D eigenvalue weighted by Gasteiger charge is 2.34. The van der Waals surface area contributed by atoms with Crippen molar-refractivity contribution >= 4 is 5.78 Å². The fourth-order valence-electron chi connectivity index (χ4n) is 2.40. The number of pyridine rings is 1. The number of ketones is 1. The minimum absolute atomic E-state index is 0.0254. The summed E-state index contributed by atoms with van der Waals surface area (Å²) in [6.07, 6.45) is 8.37. The minimum Gasteiger partial charge on any atom is -0.352 e. The minimum atomic E-state index is -0.246. The van der Waals surface area contributed by atoms with Gasteiger partial charge in [0.15, 0.2) is 5.78 Å². The number of hydrogen-bond donors (Lipinski definition) is 1. The van der Waals surface area contributed by atoms with Crippen LogP contribution in [0.5, 0.6) is 0 Å². The van der Waals surface area contributed by atoms with E-state index in [1.807, 2.05) is 18.3 Å². The molecule has 0 spiro atoms. The Labute approximate surface area is 104 Å². The van der Waals surface area contributed by atoms with Gasteiger partial charge in [0, 0.05) is 18.3 Å². The van der Waals surface area contributed by atoms with Crippen LogP contribution in [-0.2, 0) is 0 Å². The van der Waals surface area contributed by atoms with E-state index in [0.717, 1.165) is 18.5 Å². The van der Waals surface area contributed by atoms with Gasteiger partial charge in [-0.2, -0.15) is 0 Å². The van der Waals surface area contributed by atoms with Gasteiger partial charge in [-0.25, -0.2) is 0 Å². The molecule has 91 valence electrons. The Bertz CT molecular complexity index is 524. The first-order valence-electron chi connectivity index (χ1n) is 5.86. The molecule has 3 rings (SSSR count). The summed E-state index contributed by atoms with van der Waals surface area (Å²) in [4.78, 5) is 16.4. The zero-order valence-corrected chi connectivity index (χ0v) is 9.67. The van der Waals surface area contributed by atoms with E-state index in [1.165, 1.54) is 6.20 Å². The van der Waals surface area contributed by atoms with Crippen molar-refractivity contribution in [2.45, 2.75) is 18.4 Å². The van der Waals surface area contributed by atoms with Gasteiger partial charge in [0.25, 0.3) is 0 Å². The number of aromatic nitrogens is 2.